The van der Waals surface area contributed by atoms with Gasteiger partial charge < -0.3 is 0 Å². The fourth-order valence-corrected chi connectivity index (χ4v) is 2.05. The third kappa shape index (κ3) is 1.03. The largest absolute Gasteiger partial charge is 0.0851 e. The second kappa shape index (κ2) is 2.17. The van der Waals surface area contributed by atoms with Gasteiger partial charge in [0, 0.05) is 0 Å². The molecular weight excluding hydrogens is 108 g/mol. The molecule has 3 rings (SSSR count). The van der Waals surface area contributed by atoms with Crippen LogP contribution in [0.4, 0.5) is 0 Å². The number of rotatable bonds is 0. The lowest BCUT2D eigenvalue weighted by Crippen LogP contribution is -1.99. The van der Waals surface area contributed by atoms with E-state index in [1.165, 1.54) is 38.5 Å². The van der Waals surface area contributed by atoms with Gasteiger partial charge in [-0.3, -0.25) is 0 Å². The van der Waals surface area contributed by atoms with Gasteiger partial charge in [0.2, 0.25) is 0 Å². The fraction of sp³-hybridized carbons (Fsp3) is 0.778. The average Bonchev–Trinajstić information content (AvgIpc) is 2.21. The summed E-state index contributed by atoms with van der Waals surface area (Å²) in [4.78, 5) is 0. The highest BCUT2D eigenvalue weighted by Crippen LogP contribution is 2.34. The normalized spacial score (nSPS) is 33.8. The van der Waals surface area contributed by atoms with Crippen molar-refractivity contribution in [1.29, 1.82) is 0 Å². The van der Waals surface area contributed by atoms with Crippen molar-refractivity contribution in [2.24, 2.45) is 5.92 Å². The summed E-state index contributed by atoms with van der Waals surface area (Å²) < 4.78 is 0. The summed E-state index contributed by atoms with van der Waals surface area (Å²) in [7, 11) is 0. The Kier molecular flexibility index (Phi) is 1.33. The highest BCUT2D eigenvalue weighted by Gasteiger charge is 2.17. The Morgan fingerprint density at radius 2 is 2.22 bits per heavy atom. The Bertz CT molecular complexity index is 129. The van der Waals surface area contributed by atoms with Gasteiger partial charge in [0.25, 0.3) is 0 Å². The fourth-order valence-electron chi connectivity index (χ4n) is 2.05. The predicted octanol–water partition coefficient (Wildman–Crippen LogP) is 2.90. The lowest BCUT2D eigenvalue weighted by Gasteiger charge is -2.14. The molecule has 0 aromatic rings. The highest BCUT2D eigenvalue weighted by atomic mass is 14.2. The van der Waals surface area contributed by atoms with Crippen LogP contribution in [-0.4, -0.2) is 0 Å². The zero-order valence-corrected chi connectivity index (χ0v) is 5.90. The minimum atomic E-state index is 1.07. The maximum atomic E-state index is 2.49. The first-order valence-electron chi connectivity index (χ1n) is 4.13. The van der Waals surface area contributed by atoms with E-state index < -0.39 is 0 Å². The van der Waals surface area contributed by atoms with E-state index in [2.05, 4.69) is 6.08 Å². The van der Waals surface area contributed by atoms with Crippen molar-refractivity contribution < 1.29 is 0 Å². The summed E-state index contributed by atoms with van der Waals surface area (Å²) in [5, 5.41) is 0. The Labute approximate surface area is 57.0 Å². The molecule has 1 atom stereocenters. The third-order valence-electron chi connectivity index (χ3n) is 2.72. The van der Waals surface area contributed by atoms with E-state index in [0.29, 0.717) is 0 Å². The molecule has 0 saturated heterocycles. The first kappa shape index (κ1) is 5.52. The van der Waals surface area contributed by atoms with Crippen molar-refractivity contribution in [2.75, 3.05) is 0 Å². The molecule has 9 heavy (non-hydrogen) atoms. The molecule has 1 fully saturated rings. The van der Waals surface area contributed by atoms with Gasteiger partial charge in [-0.2, -0.15) is 0 Å². The predicted molar refractivity (Wildman–Crippen MR) is 39.3 cm³/mol. The first-order chi connectivity index (χ1) is 4.45. The average molecular weight is 122 g/mol. The van der Waals surface area contributed by atoms with Crippen LogP contribution in [-0.2, 0) is 0 Å². The number of hydrogen-bond donors (Lipinski definition) is 0. The topological polar surface area (TPSA) is 0 Å². The Morgan fingerprint density at radius 1 is 1.22 bits per heavy atom. The second-order valence-corrected chi connectivity index (χ2v) is 3.40. The van der Waals surface area contributed by atoms with Crippen molar-refractivity contribution in [3.05, 3.63) is 11.6 Å². The molecule has 0 heteroatoms. The van der Waals surface area contributed by atoms with E-state index >= 15 is 0 Å². The van der Waals surface area contributed by atoms with Crippen LogP contribution in [0.3, 0.4) is 0 Å². The van der Waals surface area contributed by atoms with Crippen LogP contribution in [0.2, 0.25) is 0 Å². The molecule has 0 amide bonds. The molecule has 0 aromatic carbocycles. The molecular formula is C9H14. The summed E-state index contributed by atoms with van der Waals surface area (Å²) in [5.74, 6) is 1.07. The van der Waals surface area contributed by atoms with Gasteiger partial charge in [-0.05, 0) is 44.4 Å². The summed E-state index contributed by atoms with van der Waals surface area (Å²) in [6, 6.07) is 0. The number of fused-ring (bicyclic) bond motifs is 4. The quantitative estimate of drug-likeness (QED) is 0.433. The van der Waals surface area contributed by atoms with Crippen LogP contribution in [0.25, 0.3) is 0 Å². The van der Waals surface area contributed by atoms with Gasteiger partial charge in [-0.1, -0.05) is 11.6 Å². The standard InChI is InChI=1S/C9H14/c1-2-8-4-6-9(3-1)7-5-8/h4,9H,1-3,5-7H2. The SMILES string of the molecule is C1=C2CCCC(C1)CC2. The van der Waals surface area contributed by atoms with Gasteiger partial charge in [-0.25, -0.2) is 0 Å². The maximum absolute atomic E-state index is 2.49. The van der Waals surface area contributed by atoms with E-state index in [1.54, 1.807) is 5.57 Å². The molecule has 50 valence electrons. The van der Waals surface area contributed by atoms with Crippen LogP contribution in [0.15, 0.2) is 11.6 Å². The molecule has 0 nitrogen and oxygen atoms in total. The highest BCUT2D eigenvalue weighted by molar-refractivity contribution is 5.08. The third-order valence-corrected chi connectivity index (χ3v) is 2.72. The van der Waals surface area contributed by atoms with Gasteiger partial charge >= 0.3 is 0 Å². The molecule has 0 N–H and O–H groups in total. The van der Waals surface area contributed by atoms with Crippen LogP contribution in [0.1, 0.15) is 38.5 Å². The van der Waals surface area contributed by atoms with E-state index in [9.17, 15) is 0 Å². The van der Waals surface area contributed by atoms with Crippen molar-refractivity contribution in [3.8, 4) is 0 Å². The Hall–Kier alpha value is -0.260. The minimum absolute atomic E-state index is 1.07. The zero-order chi connectivity index (χ0) is 6.10. The number of hydrogen-bond acceptors (Lipinski definition) is 0. The van der Waals surface area contributed by atoms with Crippen molar-refractivity contribution in [3.63, 3.8) is 0 Å². The van der Waals surface area contributed by atoms with Crippen LogP contribution < -0.4 is 0 Å². The van der Waals surface area contributed by atoms with E-state index in [0.717, 1.165) is 5.92 Å². The van der Waals surface area contributed by atoms with Crippen molar-refractivity contribution >= 4 is 0 Å². The summed E-state index contributed by atoms with van der Waals surface area (Å²) >= 11 is 0. The Balaban J connectivity index is 2.16. The summed E-state index contributed by atoms with van der Waals surface area (Å²) in [5.41, 5.74) is 1.75. The molecule has 0 heterocycles. The van der Waals surface area contributed by atoms with Crippen molar-refractivity contribution in [1.82, 2.24) is 0 Å². The molecule has 1 unspecified atom stereocenters. The van der Waals surface area contributed by atoms with Crippen molar-refractivity contribution in [2.45, 2.75) is 38.5 Å². The van der Waals surface area contributed by atoms with Gasteiger partial charge in [-0.15, -0.1) is 0 Å². The molecule has 2 bridgehead atoms. The van der Waals surface area contributed by atoms with E-state index in [-0.39, 0.29) is 0 Å². The van der Waals surface area contributed by atoms with E-state index in [1.807, 2.05) is 0 Å². The molecule has 0 spiro atoms. The molecule has 0 aliphatic heterocycles. The monoisotopic (exact) mass is 122 g/mol. The molecule has 0 radical (unpaired) electrons. The lowest BCUT2D eigenvalue weighted by atomic mass is 9.92. The van der Waals surface area contributed by atoms with Crippen LogP contribution in [0, 0.1) is 5.92 Å². The molecule has 0 aromatic heterocycles. The Morgan fingerprint density at radius 3 is 3.00 bits per heavy atom. The smallest absolute Gasteiger partial charge is 0.0318 e. The molecule has 3 aliphatic rings. The second-order valence-electron chi connectivity index (χ2n) is 3.40. The molecule has 1 saturated carbocycles. The van der Waals surface area contributed by atoms with Gasteiger partial charge in [0.1, 0.15) is 0 Å². The van der Waals surface area contributed by atoms with Gasteiger partial charge in [0.05, 0.1) is 0 Å². The first-order valence-corrected chi connectivity index (χ1v) is 4.13. The lowest BCUT2D eigenvalue weighted by molar-refractivity contribution is 0.460. The molecule has 3 aliphatic carbocycles. The maximum Gasteiger partial charge on any atom is -0.0318 e. The van der Waals surface area contributed by atoms with Crippen LogP contribution >= 0.6 is 0 Å². The van der Waals surface area contributed by atoms with Crippen LogP contribution in [0.5, 0.6) is 0 Å². The summed E-state index contributed by atoms with van der Waals surface area (Å²) in [6.45, 7) is 0. The minimum Gasteiger partial charge on any atom is -0.0851 e. The summed E-state index contributed by atoms with van der Waals surface area (Å²) in [6.07, 6.45) is 11.2. The van der Waals surface area contributed by atoms with E-state index in [4.69, 9.17) is 0 Å². The number of allylic oxidation sites excluding steroid dienone is 2. The van der Waals surface area contributed by atoms with Gasteiger partial charge in [0.15, 0.2) is 0 Å². The zero-order valence-electron chi connectivity index (χ0n) is 5.90.